The number of anilines is 1. The van der Waals surface area contributed by atoms with Gasteiger partial charge in [-0.1, -0.05) is 13.8 Å². The third-order valence-corrected chi connectivity index (χ3v) is 4.97. The molecule has 0 saturated carbocycles. The number of nitrogens with zero attached hydrogens (tertiary/aromatic N) is 4. The van der Waals surface area contributed by atoms with E-state index in [0.717, 1.165) is 70.4 Å². The Morgan fingerprint density at radius 1 is 1.24 bits per heavy atom. The van der Waals surface area contributed by atoms with Crippen molar-refractivity contribution in [2.75, 3.05) is 50.8 Å². The van der Waals surface area contributed by atoms with E-state index in [0.29, 0.717) is 5.92 Å². The molecule has 0 radical (unpaired) electrons. The average molecular weight is 348 g/mol. The van der Waals surface area contributed by atoms with Crippen molar-refractivity contribution in [3.05, 3.63) is 18.0 Å². The fourth-order valence-electron chi connectivity index (χ4n) is 3.35. The molecular weight excluding hydrogens is 316 g/mol. The van der Waals surface area contributed by atoms with Gasteiger partial charge in [0.1, 0.15) is 0 Å². The van der Waals surface area contributed by atoms with Crippen molar-refractivity contribution in [1.29, 1.82) is 0 Å². The normalized spacial score (nSPS) is 22.5. The van der Waals surface area contributed by atoms with Gasteiger partial charge in [0.05, 0.1) is 6.61 Å². The van der Waals surface area contributed by atoms with E-state index in [2.05, 4.69) is 28.6 Å². The molecule has 1 atom stereocenters. The standard InChI is InChI=1S/C19H32N4O2/c1-16(2)17-7-8-20-19(21-17)23-12-10-22(11-13-23)9-5-15-25-18-6-3-4-14-24-18/h7-8,16,18H,3-6,9-15H2,1-2H3/t18-/m0/s1. The molecule has 3 heterocycles. The summed E-state index contributed by atoms with van der Waals surface area (Å²) in [6.45, 7) is 11.2. The van der Waals surface area contributed by atoms with Gasteiger partial charge in [0, 0.05) is 51.2 Å². The summed E-state index contributed by atoms with van der Waals surface area (Å²) in [5.41, 5.74) is 1.12. The van der Waals surface area contributed by atoms with E-state index >= 15 is 0 Å². The van der Waals surface area contributed by atoms with Gasteiger partial charge in [-0.3, -0.25) is 4.90 Å². The summed E-state index contributed by atoms with van der Waals surface area (Å²) >= 11 is 0. The monoisotopic (exact) mass is 348 g/mol. The van der Waals surface area contributed by atoms with Crippen LogP contribution >= 0.6 is 0 Å². The summed E-state index contributed by atoms with van der Waals surface area (Å²) in [6, 6.07) is 2.01. The molecule has 6 nitrogen and oxygen atoms in total. The predicted octanol–water partition coefficient (Wildman–Crippen LogP) is 2.66. The van der Waals surface area contributed by atoms with Crippen LogP contribution in [0.15, 0.2) is 12.3 Å². The van der Waals surface area contributed by atoms with Gasteiger partial charge in [-0.05, 0) is 37.7 Å². The molecule has 3 rings (SSSR count). The molecule has 1 aromatic rings. The third-order valence-electron chi connectivity index (χ3n) is 4.97. The molecule has 0 unspecified atom stereocenters. The highest BCUT2D eigenvalue weighted by atomic mass is 16.7. The van der Waals surface area contributed by atoms with Gasteiger partial charge in [0.2, 0.25) is 5.95 Å². The zero-order valence-corrected chi connectivity index (χ0v) is 15.7. The van der Waals surface area contributed by atoms with Gasteiger partial charge < -0.3 is 14.4 Å². The zero-order valence-electron chi connectivity index (χ0n) is 15.7. The molecular formula is C19H32N4O2. The summed E-state index contributed by atoms with van der Waals surface area (Å²) in [5.74, 6) is 1.32. The molecule has 2 aliphatic heterocycles. The second-order valence-corrected chi connectivity index (χ2v) is 7.29. The number of piperazine rings is 1. The van der Waals surface area contributed by atoms with E-state index in [-0.39, 0.29) is 6.29 Å². The largest absolute Gasteiger partial charge is 0.353 e. The second kappa shape index (κ2) is 9.46. The number of ether oxygens (including phenoxy) is 2. The van der Waals surface area contributed by atoms with Crippen LogP contribution in [0.3, 0.4) is 0 Å². The summed E-state index contributed by atoms with van der Waals surface area (Å²) in [7, 11) is 0. The van der Waals surface area contributed by atoms with Crippen molar-refractivity contribution in [1.82, 2.24) is 14.9 Å². The minimum atomic E-state index is 0.0379. The molecule has 2 saturated heterocycles. The summed E-state index contributed by atoms with van der Waals surface area (Å²) in [5, 5.41) is 0. The van der Waals surface area contributed by atoms with Crippen molar-refractivity contribution >= 4 is 5.95 Å². The first-order chi connectivity index (χ1) is 12.2. The van der Waals surface area contributed by atoms with Gasteiger partial charge in [-0.15, -0.1) is 0 Å². The van der Waals surface area contributed by atoms with Gasteiger partial charge in [0.25, 0.3) is 0 Å². The summed E-state index contributed by atoms with van der Waals surface area (Å²) < 4.78 is 11.4. The quantitative estimate of drug-likeness (QED) is 0.706. The lowest BCUT2D eigenvalue weighted by Crippen LogP contribution is -2.47. The first-order valence-electron chi connectivity index (χ1n) is 9.76. The van der Waals surface area contributed by atoms with Crippen LogP contribution < -0.4 is 4.90 Å². The van der Waals surface area contributed by atoms with Gasteiger partial charge >= 0.3 is 0 Å². The highest BCUT2D eigenvalue weighted by Gasteiger charge is 2.19. The molecule has 0 spiro atoms. The molecule has 25 heavy (non-hydrogen) atoms. The number of aromatic nitrogens is 2. The minimum absolute atomic E-state index is 0.0379. The van der Waals surface area contributed by atoms with Crippen LogP contribution in [0.2, 0.25) is 0 Å². The number of rotatable bonds is 7. The van der Waals surface area contributed by atoms with Gasteiger partial charge in [-0.2, -0.15) is 0 Å². The fraction of sp³-hybridized carbons (Fsp3) is 0.789. The predicted molar refractivity (Wildman–Crippen MR) is 98.9 cm³/mol. The molecule has 0 bridgehead atoms. The lowest BCUT2D eigenvalue weighted by molar-refractivity contribution is -0.163. The Bertz CT molecular complexity index is 512. The number of hydrogen-bond acceptors (Lipinski definition) is 6. The van der Waals surface area contributed by atoms with E-state index in [4.69, 9.17) is 14.5 Å². The Morgan fingerprint density at radius 2 is 2.08 bits per heavy atom. The van der Waals surface area contributed by atoms with Crippen LogP contribution in [-0.2, 0) is 9.47 Å². The summed E-state index contributed by atoms with van der Waals surface area (Å²) in [6.07, 6.45) is 6.44. The minimum Gasteiger partial charge on any atom is -0.353 e. The lowest BCUT2D eigenvalue weighted by Gasteiger charge is -2.35. The Balaban J connectivity index is 1.35. The Labute approximate surface area is 151 Å². The molecule has 0 N–H and O–H groups in total. The summed E-state index contributed by atoms with van der Waals surface area (Å²) in [4.78, 5) is 14.0. The maximum atomic E-state index is 5.82. The molecule has 2 fully saturated rings. The van der Waals surface area contributed by atoms with E-state index in [1.54, 1.807) is 0 Å². The second-order valence-electron chi connectivity index (χ2n) is 7.29. The highest BCUT2D eigenvalue weighted by molar-refractivity contribution is 5.31. The van der Waals surface area contributed by atoms with Crippen LogP contribution in [0.25, 0.3) is 0 Å². The fourth-order valence-corrected chi connectivity index (χ4v) is 3.35. The molecule has 2 aliphatic rings. The molecule has 6 heteroatoms. The van der Waals surface area contributed by atoms with Gasteiger partial charge in [0.15, 0.2) is 6.29 Å². The van der Waals surface area contributed by atoms with Crippen molar-refractivity contribution in [3.63, 3.8) is 0 Å². The number of hydrogen-bond donors (Lipinski definition) is 0. The SMILES string of the molecule is CC(C)c1ccnc(N2CCN(CCCO[C@H]3CCCCO3)CC2)n1. The van der Waals surface area contributed by atoms with E-state index in [9.17, 15) is 0 Å². The lowest BCUT2D eigenvalue weighted by atomic mass is 10.1. The van der Waals surface area contributed by atoms with Crippen LogP contribution in [-0.4, -0.2) is 67.1 Å². The van der Waals surface area contributed by atoms with E-state index in [1.165, 1.54) is 12.8 Å². The third kappa shape index (κ3) is 5.62. The van der Waals surface area contributed by atoms with E-state index < -0.39 is 0 Å². The maximum Gasteiger partial charge on any atom is 0.225 e. The Morgan fingerprint density at radius 3 is 2.80 bits per heavy atom. The zero-order chi connectivity index (χ0) is 17.5. The van der Waals surface area contributed by atoms with Crippen LogP contribution in [0.1, 0.15) is 51.1 Å². The molecule has 140 valence electrons. The maximum absolute atomic E-state index is 5.82. The van der Waals surface area contributed by atoms with Crippen LogP contribution in [0.4, 0.5) is 5.95 Å². The van der Waals surface area contributed by atoms with Crippen molar-refractivity contribution in [2.45, 2.75) is 51.7 Å². The Kier molecular flexibility index (Phi) is 7.02. The first kappa shape index (κ1) is 18.5. The molecule has 0 aromatic carbocycles. The van der Waals surface area contributed by atoms with Crippen LogP contribution in [0.5, 0.6) is 0 Å². The highest BCUT2D eigenvalue weighted by Crippen LogP contribution is 2.17. The molecule has 1 aromatic heterocycles. The van der Waals surface area contributed by atoms with Crippen molar-refractivity contribution in [3.8, 4) is 0 Å². The topological polar surface area (TPSA) is 50.7 Å². The van der Waals surface area contributed by atoms with Crippen LogP contribution in [0, 0.1) is 0 Å². The van der Waals surface area contributed by atoms with E-state index in [1.807, 2.05) is 12.3 Å². The average Bonchev–Trinajstić information content (AvgIpc) is 2.67. The van der Waals surface area contributed by atoms with Gasteiger partial charge in [-0.25, -0.2) is 9.97 Å². The smallest absolute Gasteiger partial charge is 0.225 e. The first-order valence-corrected chi connectivity index (χ1v) is 9.76. The molecule has 0 amide bonds. The molecule has 0 aliphatic carbocycles. The van der Waals surface area contributed by atoms with Crippen molar-refractivity contribution < 1.29 is 9.47 Å². The Hall–Kier alpha value is -1.24. The van der Waals surface area contributed by atoms with Crippen molar-refractivity contribution in [2.24, 2.45) is 0 Å².